The average Bonchev–Trinajstić information content (AvgIpc) is 3.07. The lowest BCUT2D eigenvalue weighted by molar-refractivity contribution is -0.126. The molecule has 1 unspecified atom stereocenters. The summed E-state index contributed by atoms with van der Waals surface area (Å²) in [4.78, 5) is 24.8. The normalized spacial score (nSPS) is 23.5. The third-order valence-corrected chi connectivity index (χ3v) is 6.69. The maximum atomic E-state index is 12.6. The first-order valence-electron chi connectivity index (χ1n) is 6.64. The first-order valence-corrected chi connectivity index (χ1v) is 9.44. The van der Waals surface area contributed by atoms with Gasteiger partial charge in [-0.3, -0.25) is 14.5 Å². The van der Waals surface area contributed by atoms with Crippen LogP contribution in [0.15, 0.2) is 29.2 Å². The fourth-order valence-electron chi connectivity index (χ4n) is 2.61. The Morgan fingerprint density at radius 3 is 2.45 bits per heavy atom. The maximum absolute atomic E-state index is 12.6. The highest BCUT2D eigenvalue weighted by atomic mass is 35.5. The molecule has 0 radical (unpaired) electrons. The number of imide groups is 1. The van der Waals surface area contributed by atoms with E-state index in [-0.39, 0.29) is 40.9 Å². The highest BCUT2D eigenvalue weighted by molar-refractivity contribution is 8.14. The summed E-state index contributed by atoms with van der Waals surface area (Å²) >= 11 is 6.73. The van der Waals surface area contributed by atoms with Crippen molar-refractivity contribution in [3.05, 3.63) is 29.3 Å². The van der Waals surface area contributed by atoms with Gasteiger partial charge in [0.05, 0.1) is 16.7 Å². The number of hydrogen-bond acceptors (Lipinski definition) is 5. The molecule has 0 saturated carbocycles. The van der Waals surface area contributed by atoms with Crippen LogP contribution in [0.4, 0.5) is 4.79 Å². The van der Waals surface area contributed by atoms with Crippen molar-refractivity contribution in [2.75, 3.05) is 18.8 Å². The number of carbonyl (C=O) groups excluding carboxylic acids is 2. The summed E-state index contributed by atoms with van der Waals surface area (Å²) in [5, 5.41) is 0.171. The lowest BCUT2D eigenvalue weighted by Crippen LogP contribution is -2.41. The van der Waals surface area contributed by atoms with Gasteiger partial charge in [-0.1, -0.05) is 23.4 Å². The van der Waals surface area contributed by atoms with Crippen molar-refractivity contribution in [1.82, 2.24) is 9.21 Å². The van der Waals surface area contributed by atoms with Gasteiger partial charge in [-0.2, -0.15) is 4.31 Å². The summed E-state index contributed by atoms with van der Waals surface area (Å²) in [7, 11) is -3.63. The molecular weight excluding hydrogens is 348 g/mol. The van der Waals surface area contributed by atoms with E-state index in [1.54, 1.807) is 0 Å². The summed E-state index contributed by atoms with van der Waals surface area (Å²) in [5.74, 6) is -0.107. The molecule has 2 heterocycles. The van der Waals surface area contributed by atoms with Gasteiger partial charge in [-0.25, -0.2) is 8.42 Å². The lowest BCUT2D eigenvalue weighted by Gasteiger charge is -2.21. The third-order valence-electron chi connectivity index (χ3n) is 3.73. The zero-order valence-electron chi connectivity index (χ0n) is 11.4. The number of halogens is 1. The predicted molar refractivity (Wildman–Crippen MR) is 83.3 cm³/mol. The molecule has 2 amide bonds. The SMILES string of the molecule is O=C1CSC(=O)N1C1CCN(S(=O)(=O)c2ccc(Cl)cc2)C1. The molecule has 1 aromatic carbocycles. The molecule has 6 nitrogen and oxygen atoms in total. The number of carbonyl (C=O) groups is 2. The Bertz CT molecular complexity index is 704. The molecule has 3 rings (SSSR count). The zero-order chi connectivity index (χ0) is 15.9. The Kier molecular flexibility index (Phi) is 4.19. The van der Waals surface area contributed by atoms with E-state index in [4.69, 9.17) is 11.6 Å². The monoisotopic (exact) mass is 360 g/mol. The molecule has 1 aromatic rings. The topological polar surface area (TPSA) is 74.8 Å². The molecule has 0 spiro atoms. The molecule has 0 aromatic heterocycles. The van der Waals surface area contributed by atoms with Crippen LogP contribution in [0, 0.1) is 0 Å². The first kappa shape index (κ1) is 15.8. The minimum Gasteiger partial charge on any atom is -0.273 e. The predicted octanol–water partition coefficient (Wildman–Crippen LogP) is 1.80. The van der Waals surface area contributed by atoms with Crippen molar-refractivity contribution < 1.29 is 18.0 Å². The van der Waals surface area contributed by atoms with E-state index in [0.717, 1.165) is 11.8 Å². The Morgan fingerprint density at radius 1 is 1.18 bits per heavy atom. The minimum absolute atomic E-state index is 0.138. The lowest BCUT2D eigenvalue weighted by atomic mass is 10.2. The summed E-state index contributed by atoms with van der Waals surface area (Å²) in [6, 6.07) is 5.57. The molecule has 0 bridgehead atoms. The molecule has 2 fully saturated rings. The van der Waals surface area contributed by atoms with Crippen molar-refractivity contribution in [3.8, 4) is 0 Å². The standard InChI is InChI=1S/C13H13ClN2O4S2/c14-9-1-3-11(4-2-9)22(19,20)15-6-5-10(7-15)16-12(17)8-21-13(16)18/h1-4,10H,5-8H2. The van der Waals surface area contributed by atoms with Crippen molar-refractivity contribution in [2.24, 2.45) is 0 Å². The van der Waals surface area contributed by atoms with Gasteiger partial charge < -0.3 is 0 Å². The largest absolute Gasteiger partial charge is 0.289 e. The second-order valence-corrected chi connectivity index (χ2v) is 8.38. The minimum atomic E-state index is -3.63. The number of nitrogens with zero attached hydrogens (tertiary/aromatic N) is 2. The molecule has 118 valence electrons. The molecule has 0 N–H and O–H groups in total. The Labute approximate surface area is 137 Å². The van der Waals surface area contributed by atoms with Crippen LogP contribution in [0.1, 0.15) is 6.42 Å². The van der Waals surface area contributed by atoms with E-state index in [0.29, 0.717) is 11.4 Å². The van der Waals surface area contributed by atoms with Crippen LogP contribution in [0.5, 0.6) is 0 Å². The van der Waals surface area contributed by atoms with Gasteiger partial charge in [0.15, 0.2) is 0 Å². The second-order valence-electron chi connectivity index (χ2n) is 5.08. The quantitative estimate of drug-likeness (QED) is 0.821. The molecule has 1 atom stereocenters. The zero-order valence-corrected chi connectivity index (χ0v) is 13.8. The van der Waals surface area contributed by atoms with Gasteiger partial charge in [-0.15, -0.1) is 0 Å². The fraction of sp³-hybridized carbons (Fsp3) is 0.385. The van der Waals surface area contributed by atoms with E-state index in [9.17, 15) is 18.0 Å². The van der Waals surface area contributed by atoms with Crippen LogP contribution in [0.3, 0.4) is 0 Å². The van der Waals surface area contributed by atoms with Crippen molar-refractivity contribution >= 4 is 44.5 Å². The molecule has 9 heteroatoms. The smallest absolute Gasteiger partial charge is 0.273 e. The van der Waals surface area contributed by atoms with E-state index in [2.05, 4.69) is 0 Å². The molecule has 2 aliphatic heterocycles. The van der Waals surface area contributed by atoms with E-state index < -0.39 is 10.0 Å². The highest BCUT2D eigenvalue weighted by Crippen LogP contribution is 2.29. The van der Waals surface area contributed by atoms with Gasteiger partial charge in [-0.05, 0) is 30.7 Å². The maximum Gasteiger partial charge on any atom is 0.289 e. The highest BCUT2D eigenvalue weighted by Gasteiger charge is 2.42. The summed E-state index contributed by atoms with van der Waals surface area (Å²) in [6.45, 7) is 0.431. The first-order chi connectivity index (χ1) is 10.4. The van der Waals surface area contributed by atoms with Gasteiger partial charge in [0.1, 0.15) is 0 Å². The van der Waals surface area contributed by atoms with Crippen molar-refractivity contribution in [3.63, 3.8) is 0 Å². The van der Waals surface area contributed by atoms with Crippen LogP contribution in [-0.2, 0) is 14.8 Å². The number of benzene rings is 1. The summed E-state index contributed by atoms with van der Waals surface area (Å²) in [5.41, 5.74) is 0. The van der Waals surface area contributed by atoms with Crippen LogP contribution in [0.25, 0.3) is 0 Å². The Morgan fingerprint density at radius 2 is 1.86 bits per heavy atom. The summed E-state index contributed by atoms with van der Waals surface area (Å²) in [6.07, 6.45) is 0.463. The number of rotatable bonds is 3. The molecule has 0 aliphatic carbocycles. The Balaban J connectivity index is 1.78. The third kappa shape index (κ3) is 2.76. The molecule has 2 saturated heterocycles. The molecular formula is C13H13ClN2O4S2. The number of amides is 2. The van der Waals surface area contributed by atoms with Gasteiger partial charge in [0.2, 0.25) is 15.9 Å². The second kappa shape index (κ2) is 5.84. The van der Waals surface area contributed by atoms with Crippen LogP contribution in [0.2, 0.25) is 5.02 Å². The number of sulfonamides is 1. The fourth-order valence-corrected chi connectivity index (χ4v) is 5.01. The summed E-state index contributed by atoms with van der Waals surface area (Å²) < 4.78 is 26.4. The number of hydrogen-bond donors (Lipinski definition) is 0. The van der Waals surface area contributed by atoms with Crippen LogP contribution < -0.4 is 0 Å². The number of thioether (sulfide) groups is 1. The van der Waals surface area contributed by atoms with E-state index in [1.807, 2.05) is 0 Å². The molecule has 22 heavy (non-hydrogen) atoms. The van der Waals surface area contributed by atoms with Gasteiger partial charge >= 0.3 is 0 Å². The van der Waals surface area contributed by atoms with Gasteiger partial charge in [0.25, 0.3) is 5.24 Å². The Hall–Kier alpha value is -1.09. The average molecular weight is 361 g/mol. The van der Waals surface area contributed by atoms with Gasteiger partial charge in [0, 0.05) is 18.1 Å². The van der Waals surface area contributed by atoms with E-state index in [1.165, 1.54) is 33.5 Å². The van der Waals surface area contributed by atoms with Crippen molar-refractivity contribution in [2.45, 2.75) is 17.4 Å². The van der Waals surface area contributed by atoms with E-state index >= 15 is 0 Å². The molecule has 2 aliphatic rings. The van der Waals surface area contributed by atoms with Crippen molar-refractivity contribution in [1.29, 1.82) is 0 Å². The van der Waals surface area contributed by atoms with Crippen LogP contribution in [-0.4, -0.2) is 53.7 Å². The van der Waals surface area contributed by atoms with Crippen LogP contribution >= 0.6 is 23.4 Å².